The zero-order chi connectivity index (χ0) is 24.1. The second-order valence-corrected chi connectivity index (χ2v) is 8.17. The lowest BCUT2D eigenvalue weighted by Crippen LogP contribution is -2.21. The quantitative estimate of drug-likeness (QED) is 0.240. The van der Waals surface area contributed by atoms with Crippen molar-refractivity contribution in [1.82, 2.24) is 0 Å². The molecule has 5 nitrogen and oxygen atoms in total. The minimum Gasteiger partial charge on any atom is -0.494 e. The van der Waals surface area contributed by atoms with E-state index in [0.29, 0.717) is 24.7 Å². The Balaban J connectivity index is 1.16. The molecule has 5 heteroatoms. The summed E-state index contributed by atoms with van der Waals surface area (Å²) in [6.07, 6.45) is 1.96. The summed E-state index contributed by atoms with van der Waals surface area (Å²) in [5.74, 6) is 1.39. The van der Waals surface area contributed by atoms with Crippen molar-refractivity contribution in [1.29, 1.82) is 0 Å². The molecule has 1 amide bonds. The van der Waals surface area contributed by atoms with Crippen molar-refractivity contribution < 1.29 is 14.3 Å². The summed E-state index contributed by atoms with van der Waals surface area (Å²) < 4.78 is 11.7. The fourth-order valence-corrected chi connectivity index (χ4v) is 3.57. The molecule has 0 spiro atoms. The number of amides is 1. The smallest absolute Gasteiger partial charge is 0.243 e. The monoisotopic (exact) mass is 466 g/mol. The van der Waals surface area contributed by atoms with Crippen LogP contribution in [0.2, 0.25) is 0 Å². The van der Waals surface area contributed by atoms with Gasteiger partial charge in [0, 0.05) is 17.4 Å². The first-order valence-electron chi connectivity index (χ1n) is 11.8. The Bertz CT molecular complexity index is 1180. The molecule has 0 aliphatic rings. The van der Waals surface area contributed by atoms with E-state index in [4.69, 9.17) is 9.47 Å². The van der Waals surface area contributed by atoms with Gasteiger partial charge in [0.25, 0.3) is 0 Å². The van der Waals surface area contributed by atoms with Crippen LogP contribution in [0.1, 0.15) is 17.5 Å². The maximum absolute atomic E-state index is 12.4. The Kier molecular flexibility index (Phi) is 8.77. The molecular weight excluding hydrogens is 436 g/mol. The molecule has 0 heterocycles. The molecule has 0 aliphatic heterocycles. The topological polar surface area (TPSA) is 59.6 Å². The molecule has 0 radical (unpaired) electrons. The van der Waals surface area contributed by atoms with Crippen molar-refractivity contribution in [2.75, 3.05) is 23.8 Å². The second kappa shape index (κ2) is 12.8. The van der Waals surface area contributed by atoms with Gasteiger partial charge in [0.05, 0.1) is 13.2 Å². The lowest BCUT2D eigenvalue weighted by Gasteiger charge is -2.11. The van der Waals surface area contributed by atoms with Gasteiger partial charge in [0.1, 0.15) is 18.1 Å². The number of benzene rings is 4. The average molecular weight is 467 g/mol. The van der Waals surface area contributed by atoms with Gasteiger partial charge >= 0.3 is 0 Å². The van der Waals surface area contributed by atoms with Crippen LogP contribution in [-0.4, -0.2) is 19.1 Å². The van der Waals surface area contributed by atoms with E-state index in [-0.39, 0.29) is 12.5 Å². The fraction of sp³-hybridized carbons (Fsp3) is 0.167. The van der Waals surface area contributed by atoms with Gasteiger partial charge in [0.15, 0.2) is 0 Å². The molecule has 0 bridgehead atoms. The maximum Gasteiger partial charge on any atom is 0.243 e. The van der Waals surface area contributed by atoms with E-state index in [9.17, 15) is 4.79 Å². The fourth-order valence-electron chi connectivity index (χ4n) is 3.57. The average Bonchev–Trinajstić information content (AvgIpc) is 2.91. The molecule has 35 heavy (non-hydrogen) atoms. The van der Waals surface area contributed by atoms with Gasteiger partial charge < -0.3 is 20.1 Å². The van der Waals surface area contributed by atoms with Gasteiger partial charge in [-0.2, -0.15) is 0 Å². The van der Waals surface area contributed by atoms with Crippen LogP contribution in [0.15, 0.2) is 109 Å². The summed E-state index contributed by atoms with van der Waals surface area (Å²) in [6, 6.07) is 35.4. The van der Waals surface area contributed by atoms with Crippen molar-refractivity contribution in [3.63, 3.8) is 0 Å². The number of ether oxygens (including phenoxy) is 2. The van der Waals surface area contributed by atoms with Crippen LogP contribution in [0.3, 0.4) is 0 Å². The van der Waals surface area contributed by atoms with Crippen molar-refractivity contribution in [2.45, 2.75) is 19.4 Å². The summed E-state index contributed by atoms with van der Waals surface area (Å²) in [5, 5.41) is 6.05. The lowest BCUT2D eigenvalue weighted by atomic mass is 10.1. The van der Waals surface area contributed by atoms with Crippen molar-refractivity contribution in [3.05, 3.63) is 120 Å². The Morgan fingerprint density at radius 3 is 2.11 bits per heavy atom. The number of nitrogens with one attached hydrogen (secondary N) is 2. The van der Waals surface area contributed by atoms with Gasteiger partial charge in [-0.05, 0) is 60.4 Å². The molecule has 0 saturated heterocycles. The van der Waals surface area contributed by atoms with E-state index in [1.54, 1.807) is 0 Å². The molecule has 0 fully saturated rings. The van der Waals surface area contributed by atoms with Crippen LogP contribution in [-0.2, 0) is 17.8 Å². The first-order chi connectivity index (χ1) is 17.2. The lowest BCUT2D eigenvalue weighted by molar-refractivity contribution is -0.114. The standard InChI is InChI=1S/C30H30N2O3/c33-30(32-27-14-7-15-29(21-27)35-23-25-11-5-2-6-12-25)22-31-26-16-18-28(19-17-26)34-20-8-13-24-9-3-1-4-10-24/h1-7,9-12,14-19,21,31H,8,13,20,22-23H2,(H,32,33). The van der Waals surface area contributed by atoms with Crippen molar-refractivity contribution in [3.8, 4) is 11.5 Å². The van der Waals surface area contributed by atoms with Crippen LogP contribution in [0, 0.1) is 0 Å². The molecule has 0 atom stereocenters. The van der Waals surface area contributed by atoms with E-state index in [1.807, 2.05) is 84.9 Å². The number of anilines is 2. The second-order valence-electron chi connectivity index (χ2n) is 8.17. The highest BCUT2D eigenvalue weighted by molar-refractivity contribution is 5.93. The predicted octanol–water partition coefficient (Wildman–Crippen LogP) is 6.33. The molecular formula is C30H30N2O3. The molecule has 178 valence electrons. The zero-order valence-corrected chi connectivity index (χ0v) is 19.7. The largest absolute Gasteiger partial charge is 0.494 e. The van der Waals surface area contributed by atoms with Crippen LogP contribution >= 0.6 is 0 Å². The summed E-state index contributed by atoms with van der Waals surface area (Å²) in [6.45, 7) is 1.30. The predicted molar refractivity (Wildman–Crippen MR) is 141 cm³/mol. The number of hydrogen-bond acceptors (Lipinski definition) is 4. The Hall–Kier alpha value is -4.25. The summed E-state index contributed by atoms with van der Waals surface area (Å²) in [4.78, 5) is 12.4. The molecule has 0 aromatic heterocycles. The van der Waals surface area contributed by atoms with Crippen LogP contribution in [0.4, 0.5) is 11.4 Å². The van der Waals surface area contributed by atoms with Gasteiger partial charge in [0.2, 0.25) is 5.91 Å². The molecule has 0 aliphatic carbocycles. The Labute approximate surface area is 206 Å². The minimum atomic E-state index is -0.133. The maximum atomic E-state index is 12.4. The van der Waals surface area contributed by atoms with Crippen LogP contribution in [0.25, 0.3) is 0 Å². The van der Waals surface area contributed by atoms with Crippen molar-refractivity contribution in [2.24, 2.45) is 0 Å². The third-order valence-corrected chi connectivity index (χ3v) is 5.39. The van der Waals surface area contributed by atoms with Crippen LogP contribution in [0.5, 0.6) is 11.5 Å². The van der Waals surface area contributed by atoms with E-state index < -0.39 is 0 Å². The van der Waals surface area contributed by atoms with E-state index in [0.717, 1.165) is 29.8 Å². The number of hydrogen-bond donors (Lipinski definition) is 2. The first-order valence-corrected chi connectivity index (χ1v) is 11.8. The molecule has 0 saturated carbocycles. The molecule has 4 aromatic rings. The van der Waals surface area contributed by atoms with E-state index in [1.165, 1.54) is 5.56 Å². The summed E-state index contributed by atoms with van der Waals surface area (Å²) in [5.41, 5.74) is 3.97. The Morgan fingerprint density at radius 2 is 1.37 bits per heavy atom. The Morgan fingerprint density at radius 1 is 0.657 bits per heavy atom. The number of rotatable bonds is 12. The number of carbonyl (C=O) groups excluding carboxylic acids is 1. The molecule has 0 unspecified atom stereocenters. The highest BCUT2D eigenvalue weighted by atomic mass is 16.5. The SMILES string of the molecule is O=C(CNc1ccc(OCCCc2ccccc2)cc1)Nc1cccc(OCc2ccccc2)c1. The van der Waals surface area contributed by atoms with E-state index in [2.05, 4.69) is 34.9 Å². The highest BCUT2D eigenvalue weighted by Crippen LogP contribution is 2.19. The molecule has 4 rings (SSSR count). The van der Waals surface area contributed by atoms with Gasteiger partial charge in [-0.1, -0.05) is 66.7 Å². The molecule has 2 N–H and O–H groups in total. The minimum absolute atomic E-state index is 0.133. The summed E-state index contributed by atoms with van der Waals surface area (Å²) >= 11 is 0. The van der Waals surface area contributed by atoms with Crippen molar-refractivity contribution >= 4 is 17.3 Å². The number of carbonyl (C=O) groups is 1. The number of aryl methyl sites for hydroxylation is 1. The first kappa shape index (κ1) is 23.9. The van der Waals surface area contributed by atoms with Crippen LogP contribution < -0.4 is 20.1 Å². The summed E-state index contributed by atoms with van der Waals surface area (Å²) in [7, 11) is 0. The zero-order valence-electron chi connectivity index (χ0n) is 19.7. The third-order valence-electron chi connectivity index (χ3n) is 5.39. The molecule has 4 aromatic carbocycles. The van der Waals surface area contributed by atoms with Gasteiger partial charge in [-0.25, -0.2) is 0 Å². The normalized spacial score (nSPS) is 10.4. The van der Waals surface area contributed by atoms with E-state index >= 15 is 0 Å². The highest BCUT2D eigenvalue weighted by Gasteiger charge is 2.05. The third kappa shape index (κ3) is 8.23. The van der Waals surface area contributed by atoms with Gasteiger partial charge in [-0.15, -0.1) is 0 Å². The van der Waals surface area contributed by atoms with Gasteiger partial charge in [-0.3, -0.25) is 4.79 Å².